The summed E-state index contributed by atoms with van der Waals surface area (Å²) in [5.74, 6) is -0.0876. The van der Waals surface area contributed by atoms with Gasteiger partial charge in [-0.1, -0.05) is 61.3 Å². The molecule has 1 amide bonds. The molecule has 0 aliphatic carbocycles. The van der Waals surface area contributed by atoms with Crippen LogP contribution in [0.1, 0.15) is 35.5 Å². The smallest absolute Gasteiger partial charge is 0.268 e. The van der Waals surface area contributed by atoms with E-state index in [0.29, 0.717) is 17.3 Å². The van der Waals surface area contributed by atoms with Crippen molar-refractivity contribution in [3.63, 3.8) is 0 Å². The minimum absolute atomic E-state index is 0.0876. The van der Waals surface area contributed by atoms with Crippen LogP contribution < -0.4 is 5.32 Å². The Hall–Kier alpha value is -2.26. The van der Waals surface area contributed by atoms with Crippen molar-refractivity contribution in [1.82, 2.24) is 9.88 Å². The number of aromatic nitrogens is 1. The third kappa shape index (κ3) is 3.98. The first kappa shape index (κ1) is 18.1. The molecule has 0 radical (unpaired) electrons. The van der Waals surface area contributed by atoms with Gasteiger partial charge in [-0.3, -0.25) is 4.79 Å². The average molecular weight is 343 g/mol. The number of carbonyl (C=O) groups excluding carboxylic acids is 1. The largest absolute Gasteiger partial charge is 0.347 e. The van der Waals surface area contributed by atoms with Gasteiger partial charge in [0.15, 0.2) is 0 Å². The number of aryl methyl sites for hydroxylation is 2. The molecular weight excluding hydrogens is 320 g/mol. The predicted molar refractivity (Wildman–Crippen MR) is 102 cm³/mol. The molecule has 0 spiro atoms. The molecule has 3 rings (SSSR count). The molecule has 24 heavy (non-hydrogen) atoms. The van der Waals surface area contributed by atoms with Crippen molar-refractivity contribution in [2.75, 3.05) is 0 Å². The number of nitrogens with one attached hydrogen (secondary N) is 1. The summed E-state index contributed by atoms with van der Waals surface area (Å²) in [6.45, 7) is 6.56. The first-order valence-electron chi connectivity index (χ1n) is 8.13. The summed E-state index contributed by atoms with van der Waals surface area (Å²) in [7, 11) is 1.87. The molecule has 3 aromatic rings. The molecule has 2 aromatic carbocycles. The van der Waals surface area contributed by atoms with E-state index >= 15 is 0 Å². The lowest BCUT2D eigenvalue weighted by molar-refractivity contribution is 0.0943. The van der Waals surface area contributed by atoms with E-state index in [2.05, 4.69) is 5.32 Å². The molecule has 3 nitrogen and oxygen atoms in total. The van der Waals surface area contributed by atoms with Crippen LogP contribution in [0, 0.1) is 6.92 Å². The van der Waals surface area contributed by atoms with Crippen molar-refractivity contribution in [3.8, 4) is 0 Å². The van der Waals surface area contributed by atoms with E-state index < -0.39 is 0 Å². The minimum atomic E-state index is -0.0876. The van der Waals surface area contributed by atoms with Crippen LogP contribution in [0.15, 0.2) is 48.5 Å². The lowest BCUT2D eigenvalue weighted by Gasteiger charge is -2.07. The lowest BCUT2D eigenvalue weighted by Crippen LogP contribution is -2.24. The molecule has 0 unspecified atom stereocenters. The van der Waals surface area contributed by atoms with Crippen molar-refractivity contribution in [2.24, 2.45) is 7.05 Å². The Balaban J connectivity index is 0.00000100. The molecule has 0 atom stereocenters. The van der Waals surface area contributed by atoms with Gasteiger partial charge in [-0.25, -0.2) is 0 Å². The Kier molecular flexibility index (Phi) is 6.04. The Morgan fingerprint density at radius 2 is 1.75 bits per heavy atom. The van der Waals surface area contributed by atoms with Crippen LogP contribution in [0.2, 0.25) is 5.02 Å². The molecule has 0 saturated carbocycles. The number of amides is 1. The van der Waals surface area contributed by atoms with E-state index in [1.807, 2.05) is 80.9 Å². The maximum atomic E-state index is 12.4. The number of nitrogens with zero attached hydrogens (tertiary/aromatic N) is 1. The van der Waals surface area contributed by atoms with E-state index in [1.165, 1.54) is 5.56 Å². The van der Waals surface area contributed by atoms with Crippen molar-refractivity contribution < 1.29 is 4.79 Å². The van der Waals surface area contributed by atoms with E-state index in [-0.39, 0.29) is 5.91 Å². The van der Waals surface area contributed by atoms with E-state index in [1.54, 1.807) is 0 Å². The Bertz CT molecular complexity index is 835. The highest BCUT2D eigenvalue weighted by molar-refractivity contribution is 6.31. The third-order valence-electron chi connectivity index (χ3n) is 3.81. The second-order valence-electron chi connectivity index (χ2n) is 5.46. The SMILES string of the molecule is CC.Cc1ccc(CNC(=O)c2cc3ccc(Cl)cc3n2C)cc1. The van der Waals surface area contributed by atoms with Crippen LogP contribution in [-0.4, -0.2) is 10.5 Å². The zero-order valence-corrected chi connectivity index (χ0v) is 15.3. The van der Waals surface area contributed by atoms with Gasteiger partial charge in [0, 0.05) is 29.5 Å². The molecular formula is C20H23ClN2O. The van der Waals surface area contributed by atoms with Crippen LogP contribution in [0.3, 0.4) is 0 Å². The van der Waals surface area contributed by atoms with Gasteiger partial charge in [0.2, 0.25) is 0 Å². The molecule has 126 valence electrons. The average Bonchev–Trinajstić information content (AvgIpc) is 2.92. The molecule has 0 bridgehead atoms. The molecule has 0 saturated heterocycles. The lowest BCUT2D eigenvalue weighted by atomic mass is 10.1. The topological polar surface area (TPSA) is 34.0 Å². The van der Waals surface area contributed by atoms with E-state index in [4.69, 9.17) is 11.6 Å². The van der Waals surface area contributed by atoms with E-state index in [0.717, 1.165) is 16.5 Å². The Morgan fingerprint density at radius 3 is 2.42 bits per heavy atom. The first-order valence-corrected chi connectivity index (χ1v) is 8.51. The molecule has 1 aromatic heterocycles. The predicted octanol–water partition coefficient (Wildman–Crippen LogP) is 5.10. The fourth-order valence-electron chi connectivity index (χ4n) is 2.50. The number of hydrogen-bond acceptors (Lipinski definition) is 1. The molecule has 0 fully saturated rings. The van der Waals surface area contributed by atoms with Gasteiger partial charge in [-0.2, -0.15) is 0 Å². The normalized spacial score (nSPS) is 10.2. The van der Waals surface area contributed by atoms with Gasteiger partial charge < -0.3 is 9.88 Å². The maximum absolute atomic E-state index is 12.4. The number of halogens is 1. The molecule has 0 aliphatic heterocycles. The number of benzene rings is 2. The minimum Gasteiger partial charge on any atom is -0.347 e. The molecule has 1 heterocycles. The standard InChI is InChI=1S/C18H17ClN2O.C2H6/c1-12-3-5-13(6-4-12)11-20-18(22)17-9-14-7-8-15(19)10-16(14)21(17)2;1-2/h3-10H,11H2,1-2H3,(H,20,22);1-2H3. The number of fused-ring (bicyclic) bond motifs is 1. The van der Waals surface area contributed by atoms with Gasteiger partial charge in [0.1, 0.15) is 5.69 Å². The highest BCUT2D eigenvalue weighted by Gasteiger charge is 2.13. The quantitative estimate of drug-likeness (QED) is 0.706. The Labute approximate surface area is 148 Å². The summed E-state index contributed by atoms with van der Waals surface area (Å²) in [5, 5.41) is 4.63. The van der Waals surface area contributed by atoms with Crippen LogP contribution >= 0.6 is 11.6 Å². The highest BCUT2D eigenvalue weighted by atomic mass is 35.5. The van der Waals surface area contributed by atoms with Gasteiger partial charge in [0.25, 0.3) is 5.91 Å². The Morgan fingerprint density at radius 1 is 1.08 bits per heavy atom. The zero-order valence-electron chi connectivity index (χ0n) is 14.6. The summed E-state index contributed by atoms with van der Waals surface area (Å²) in [6, 6.07) is 15.6. The second-order valence-corrected chi connectivity index (χ2v) is 5.90. The maximum Gasteiger partial charge on any atom is 0.268 e. The summed E-state index contributed by atoms with van der Waals surface area (Å²) in [6.07, 6.45) is 0. The monoisotopic (exact) mass is 342 g/mol. The van der Waals surface area contributed by atoms with Gasteiger partial charge in [-0.05, 0) is 30.7 Å². The summed E-state index contributed by atoms with van der Waals surface area (Å²) < 4.78 is 1.87. The van der Waals surface area contributed by atoms with Gasteiger partial charge >= 0.3 is 0 Å². The molecule has 0 aliphatic rings. The van der Waals surface area contributed by atoms with Crippen molar-refractivity contribution in [2.45, 2.75) is 27.3 Å². The van der Waals surface area contributed by atoms with Crippen LogP contribution in [-0.2, 0) is 13.6 Å². The fraction of sp³-hybridized carbons (Fsp3) is 0.250. The summed E-state index contributed by atoms with van der Waals surface area (Å²) in [4.78, 5) is 12.4. The number of rotatable bonds is 3. The van der Waals surface area contributed by atoms with Crippen molar-refractivity contribution in [1.29, 1.82) is 0 Å². The highest BCUT2D eigenvalue weighted by Crippen LogP contribution is 2.22. The van der Waals surface area contributed by atoms with Crippen LogP contribution in [0.5, 0.6) is 0 Å². The fourth-order valence-corrected chi connectivity index (χ4v) is 2.67. The van der Waals surface area contributed by atoms with Crippen LogP contribution in [0.4, 0.5) is 0 Å². The second kappa shape index (κ2) is 8.02. The van der Waals surface area contributed by atoms with Gasteiger partial charge in [-0.15, -0.1) is 0 Å². The molecule has 1 N–H and O–H groups in total. The third-order valence-corrected chi connectivity index (χ3v) is 4.05. The number of carbonyl (C=O) groups is 1. The molecule has 4 heteroatoms. The zero-order chi connectivity index (χ0) is 17.7. The van der Waals surface area contributed by atoms with Gasteiger partial charge in [0.05, 0.1) is 0 Å². The van der Waals surface area contributed by atoms with Crippen LogP contribution in [0.25, 0.3) is 10.9 Å². The van der Waals surface area contributed by atoms with E-state index in [9.17, 15) is 4.79 Å². The van der Waals surface area contributed by atoms with Crippen molar-refractivity contribution in [3.05, 3.63) is 70.4 Å². The summed E-state index contributed by atoms with van der Waals surface area (Å²) >= 11 is 6.02. The van der Waals surface area contributed by atoms with Crippen molar-refractivity contribution >= 4 is 28.4 Å². The first-order chi connectivity index (χ1) is 11.5. The number of hydrogen-bond donors (Lipinski definition) is 1. The summed E-state index contributed by atoms with van der Waals surface area (Å²) in [5.41, 5.74) is 3.87.